The molecule has 3 aromatic rings. The number of fused-ring (bicyclic) bond motifs is 1. The number of hydrogen-bond acceptors (Lipinski definition) is 5. The molecule has 1 aliphatic rings. The Kier molecular flexibility index (Phi) is 6.84. The number of benzene rings is 2. The molecule has 1 aromatic heterocycles. The number of hydrogen-bond donors (Lipinski definition) is 2. The van der Waals surface area contributed by atoms with Gasteiger partial charge in [-0.3, -0.25) is 4.90 Å². The van der Waals surface area contributed by atoms with Crippen molar-refractivity contribution < 1.29 is 14.3 Å². The van der Waals surface area contributed by atoms with Crippen LogP contribution in [0.1, 0.15) is 28.2 Å². The number of β-amino-alcohol motifs (C(OH)–C–C–N with tert-alkyl or cyclic N) is 1. The van der Waals surface area contributed by atoms with Gasteiger partial charge in [0.05, 0.1) is 6.54 Å². The number of furan rings is 1. The van der Waals surface area contributed by atoms with Crippen LogP contribution in [-0.2, 0) is 26.1 Å². The number of aryl methyl sites for hydroxylation is 1. The molecule has 0 fully saturated rings. The summed E-state index contributed by atoms with van der Waals surface area (Å²) in [5.74, 6) is 2.64. The highest BCUT2D eigenvalue weighted by atomic mass is 16.5. The van der Waals surface area contributed by atoms with E-state index in [9.17, 15) is 5.11 Å². The average molecular weight is 407 g/mol. The summed E-state index contributed by atoms with van der Waals surface area (Å²) in [7, 11) is 0. The summed E-state index contributed by atoms with van der Waals surface area (Å²) in [6.07, 6.45) is 0.523. The minimum absolute atomic E-state index is 0.292. The molecule has 0 amide bonds. The minimum Gasteiger partial charge on any atom is -0.491 e. The van der Waals surface area contributed by atoms with Gasteiger partial charge >= 0.3 is 0 Å². The van der Waals surface area contributed by atoms with Gasteiger partial charge in [-0.15, -0.1) is 0 Å². The van der Waals surface area contributed by atoms with Crippen molar-refractivity contribution in [1.29, 1.82) is 0 Å². The van der Waals surface area contributed by atoms with Crippen molar-refractivity contribution in [2.24, 2.45) is 0 Å². The average Bonchev–Trinajstić information content (AvgIpc) is 3.17. The van der Waals surface area contributed by atoms with Gasteiger partial charge in [0.1, 0.15) is 30.0 Å². The van der Waals surface area contributed by atoms with E-state index in [-0.39, 0.29) is 0 Å². The van der Waals surface area contributed by atoms with Crippen molar-refractivity contribution in [2.75, 3.05) is 19.7 Å². The first-order valence-corrected chi connectivity index (χ1v) is 10.6. The van der Waals surface area contributed by atoms with Gasteiger partial charge < -0.3 is 19.6 Å². The standard InChI is InChI=1S/C25H30N2O3/c1-19-9-10-25(30-19)15-26-14-20-5-4-8-24(13-20)29-18-23(28)17-27-12-11-21-6-2-3-7-22(21)16-27/h2-10,13,23,26,28H,11-12,14-18H2,1H3/t23-/m1/s1. The second-order valence-electron chi connectivity index (χ2n) is 7.98. The summed E-state index contributed by atoms with van der Waals surface area (Å²) < 4.78 is 11.4. The summed E-state index contributed by atoms with van der Waals surface area (Å²) in [4.78, 5) is 2.30. The second-order valence-corrected chi connectivity index (χ2v) is 7.98. The van der Waals surface area contributed by atoms with Crippen LogP contribution in [0.4, 0.5) is 0 Å². The highest BCUT2D eigenvalue weighted by molar-refractivity contribution is 5.29. The fraction of sp³-hybridized carbons (Fsp3) is 0.360. The van der Waals surface area contributed by atoms with Crippen LogP contribution in [0.3, 0.4) is 0 Å². The first-order chi connectivity index (χ1) is 14.7. The fourth-order valence-corrected chi connectivity index (χ4v) is 3.91. The zero-order chi connectivity index (χ0) is 20.8. The Hall–Kier alpha value is -2.60. The van der Waals surface area contributed by atoms with Gasteiger partial charge in [-0.05, 0) is 54.3 Å². The normalized spacial score (nSPS) is 15.0. The minimum atomic E-state index is -0.515. The molecule has 30 heavy (non-hydrogen) atoms. The second kappa shape index (κ2) is 9.94. The lowest BCUT2D eigenvalue weighted by Gasteiger charge is -2.30. The molecule has 4 rings (SSSR count). The third-order valence-corrected chi connectivity index (χ3v) is 5.44. The van der Waals surface area contributed by atoms with Gasteiger partial charge in [0.25, 0.3) is 0 Å². The summed E-state index contributed by atoms with van der Waals surface area (Å²) in [5, 5.41) is 13.8. The predicted octanol–water partition coefficient (Wildman–Crippen LogP) is 3.68. The Balaban J connectivity index is 1.21. The van der Waals surface area contributed by atoms with Gasteiger partial charge in [0, 0.05) is 26.2 Å². The maximum absolute atomic E-state index is 10.5. The molecule has 0 aliphatic carbocycles. The summed E-state index contributed by atoms with van der Waals surface area (Å²) in [5.41, 5.74) is 3.92. The van der Waals surface area contributed by atoms with E-state index in [1.54, 1.807) is 0 Å². The topological polar surface area (TPSA) is 57.9 Å². The molecule has 2 N–H and O–H groups in total. The molecule has 0 bridgehead atoms. The lowest BCUT2D eigenvalue weighted by atomic mass is 10.00. The molecular formula is C25H30N2O3. The van der Waals surface area contributed by atoms with Crippen molar-refractivity contribution in [2.45, 2.75) is 39.1 Å². The van der Waals surface area contributed by atoms with Crippen LogP contribution in [0.2, 0.25) is 0 Å². The van der Waals surface area contributed by atoms with Crippen molar-refractivity contribution in [3.63, 3.8) is 0 Å². The Labute approximate surface area is 178 Å². The third kappa shape index (κ3) is 5.72. The Bertz CT molecular complexity index is 953. The van der Waals surface area contributed by atoms with Crippen LogP contribution in [0.25, 0.3) is 0 Å². The number of aliphatic hydroxyl groups is 1. The van der Waals surface area contributed by atoms with Gasteiger partial charge in [-0.2, -0.15) is 0 Å². The van der Waals surface area contributed by atoms with Crippen molar-refractivity contribution in [3.8, 4) is 5.75 Å². The quantitative estimate of drug-likeness (QED) is 0.568. The lowest BCUT2D eigenvalue weighted by molar-refractivity contribution is 0.0637. The Morgan fingerprint density at radius 1 is 1.07 bits per heavy atom. The van der Waals surface area contributed by atoms with E-state index in [1.807, 2.05) is 37.3 Å². The van der Waals surface area contributed by atoms with E-state index in [0.29, 0.717) is 19.7 Å². The summed E-state index contributed by atoms with van der Waals surface area (Å²) >= 11 is 0. The molecule has 0 unspecified atom stereocenters. The molecule has 158 valence electrons. The Morgan fingerprint density at radius 2 is 1.93 bits per heavy atom. The number of rotatable bonds is 9. The molecule has 2 heterocycles. The molecular weight excluding hydrogens is 376 g/mol. The third-order valence-electron chi connectivity index (χ3n) is 5.44. The molecule has 0 saturated heterocycles. The highest BCUT2D eigenvalue weighted by Crippen LogP contribution is 2.19. The maximum Gasteiger partial charge on any atom is 0.119 e. The maximum atomic E-state index is 10.5. The number of nitrogens with zero attached hydrogens (tertiary/aromatic N) is 1. The predicted molar refractivity (Wildman–Crippen MR) is 117 cm³/mol. The van der Waals surface area contributed by atoms with E-state index in [0.717, 1.165) is 48.9 Å². The van der Waals surface area contributed by atoms with E-state index < -0.39 is 6.10 Å². The Morgan fingerprint density at radius 3 is 2.77 bits per heavy atom. The van der Waals surface area contributed by atoms with Gasteiger partial charge in [-0.1, -0.05) is 36.4 Å². The van der Waals surface area contributed by atoms with Crippen LogP contribution in [-0.4, -0.2) is 35.8 Å². The van der Waals surface area contributed by atoms with E-state index in [2.05, 4.69) is 40.5 Å². The summed E-state index contributed by atoms with van der Waals surface area (Å²) in [6.45, 7) is 6.15. The molecule has 1 atom stereocenters. The SMILES string of the molecule is Cc1ccc(CNCc2cccc(OC[C@H](O)CN3CCc4ccccc4C3)c2)o1. The van der Waals surface area contributed by atoms with Crippen LogP contribution in [0.5, 0.6) is 5.75 Å². The van der Waals surface area contributed by atoms with Gasteiger partial charge in [-0.25, -0.2) is 0 Å². The van der Waals surface area contributed by atoms with Crippen LogP contribution < -0.4 is 10.1 Å². The molecule has 2 aromatic carbocycles. The molecule has 0 radical (unpaired) electrons. The number of ether oxygens (including phenoxy) is 1. The highest BCUT2D eigenvalue weighted by Gasteiger charge is 2.18. The van der Waals surface area contributed by atoms with E-state index in [1.165, 1.54) is 11.1 Å². The van der Waals surface area contributed by atoms with E-state index >= 15 is 0 Å². The smallest absolute Gasteiger partial charge is 0.119 e. The van der Waals surface area contributed by atoms with Crippen LogP contribution in [0.15, 0.2) is 65.1 Å². The van der Waals surface area contributed by atoms with Gasteiger partial charge in [0.15, 0.2) is 0 Å². The molecule has 1 aliphatic heterocycles. The number of nitrogens with one attached hydrogen (secondary N) is 1. The largest absolute Gasteiger partial charge is 0.491 e. The molecule has 0 saturated carbocycles. The monoisotopic (exact) mass is 406 g/mol. The summed E-state index contributed by atoms with van der Waals surface area (Å²) in [6, 6.07) is 20.5. The molecule has 0 spiro atoms. The number of aliphatic hydroxyl groups excluding tert-OH is 1. The van der Waals surface area contributed by atoms with E-state index in [4.69, 9.17) is 9.15 Å². The van der Waals surface area contributed by atoms with Crippen molar-refractivity contribution in [1.82, 2.24) is 10.2 Å². The lowest BCUT2D eigenvalue weighted by Crippen LogP contribution is -2.38. The first kappa shape index (κ1) is 20.7. The van der Waals surface area contributed by atoms with Gasteiger partial charge in [0.2, 0.25) is 0 Å². The van der Waals surface area contributed by atoms with Crippen LogP contribution in [0, 0.1) is 6.92 Å². The van der Waals surface area contributed by atoms with Crippen molar-refractivity contribution in [3.05, 3.63) is 88.9 Å². The zero-order valence-corrected chi connectivity index (χ0v) is 17.5. The zero-order valence-electron chi connectivity index (χ0n) is 17.5. The molecule has 5 nitrogen and oxygen atoms in total. The fourth-order valence-electron chi connectivity index (χ4n) is 3.91. The first-order valence-electron chi connectivity index (χ1n) is 10.6. The molecule has 5 heteroatoms. The van der Waals surface area contributed by atoms with Crippen molar-refractivity contribution >= 4 is 0 Å². The van der Waals surface area contributed by atoms with Crippen LogP contribution >= 0.6 is 0 Å².